The summed E-state index contributed by atoms with van der Waals surface area (Å²) >= 11 is 7.65. The monoisotopic (exact) mass is 1890 g/mol. The fourth-order valence-corrected chi connectivity index (χ4v) is 17.4. The van der Waals surface area contributed by atoms with E-state index in [1.165, 1.54) is 123 Å². The maximum Gasteiger partial charge on any atom is 0.272 e. The number of alkyl halides is 8. The van der Waals surface area contributed by atoms with Crippen molar-refractivity contribution < 1.29 is 87.0 Å². The second-order valence-corrected chi connectivity index (χ2v) is 39.6. The van der Waals surface area contributed by atoms with Gasteiger partial charge >= 0.3 is 0 Å². The van der Waals surface area contributed by atoms with Crippen LogP contribution in [-0.2, 0) is 62.9 Å². The Morgan fingerprint density at radius 1 is 0.441 bits per heavy atom. The van der Waals surface area contributed by atoms with E-state index < -0.39 is 40.9 Å². The van der Waals surface area contributed by atoms with Gasteiger partial charge < -0.3 is 86.4 Å². The normalized spacial score (nSPS) is 21.7. The number of ether oxygens (including phenoxy) is 11. The lowest BCUT2D eigenvalue weighted by molar-refractivity contribution is -0.134. The van der Waals surface area contributed by atoms with Gasteiger partial charge in [-0.2, -0.15) is 17.0 Å². The van der Waals surface area contributed by atoms with E-state index in [9.17, 15) is 34.9 Å². The summed E-state index contributed by atoms with van der Waals surface area (Å²) in [6.07, 6.45) is 14.3. The van der Waals surface area contributed by atoms with Gasteiger partial charge in [-0.3, -0.25) is 33.1 Å². The summed E-state index contributed by atoms with van der Waals surface area (Å²) in [5, 5.41) is 9.83. The SMILES string of the molecule is CCCC1CN(CCOC)C1.CCCCN1CC(CF)C1.CCCCN1CC(S(C)=O)C1.CCCCN1CC(SC)C1.COCCN1CC(C#N)C1.COCCN1CC(C(F)(F)C2CC2)C1.COCCN1CC(C(F)F)C1.COCCN1CC(C)C1.COCCN1CC(CCl)C1.COCCN1CC(COC)C1.COCCN1CC(F)(F)C1.COCCN1CC(OC)C1. The number of thioether (sulfide) groups is 1. The van der Waals surface area contributed by atoms with Crippen molar-refractivity contribution in [3.63, 3.8) is 0 Å². The average Bonchev–Trinajstić information content (AvgIpc) is 1.63. The predicted octanol–water partition coefficient (Wildman–Crippen LogP) is 10.4. The van der Waals surface area contributed by atoms with Gasteiger partial charge in [0.2, 0.25) is 6.43 Å². The molecular weight excluding hydrogens is 1710 g/mol. The molecule has 0 N–H and O–H groups in total. The van der Waals surface area contributed by atoms with Gasteiger partial charge in [-0.15, -0.1) is 11.6 Å². The van der Waals surface area contributed by atoms with Crippen LogP contribution in [0.3, 0.4) is 0 Å². The Labute approximate surface area is 779 Å². The molecule has 756 valence electrons. The fourth-order valence-electron chi connectivity index (χ4n) is 15.7. The highest BCUT2D eigenvalue weighted by Crippen LogP contribution is 2.49. The van der Waals surface area contributed by atoms with E-state index in [4.69, 9.17) is 69.0 Å². The molecule has 13 fully saturated rings. The van der Waals surface area contributed by atoms with Gasteiger partial charge in [-0.05, 0) is 82.2 Å². The molecule has 0 radical (unpaired) electrons. The first-order chi connectivity index (χ1) is 61.1. The lowest BCUT2D eigenvalue weighted by Crippen LogP contribution is -2.56. The van der Waals surface area contributed by atoms with Crippen molar-refractivity contribution in [1.29, 1.82) is 5.26 Å². The van der Waals surface area contributed by atoms with Crippen LogP contribution in [0.1, 0.15) is 98.8 Å². The minimum Gasteiger partial charge on any atom is -0.384 e. The third kappa shape index (κ3) is 55.8. The second-order valence-electron chi connectivity index (χ2n) is 36.4. The van der Waals surface area contributed by atoms with E-state index in [0.717, 1.165) is 212 Å². The molecule has 0 bridgehead atoms. The van der Waals surface area contributed by atoms with Crippen LogP contribution in [0.15, 0.2) is 0 Å². The van der Waals surface area contributed by atoms with Gasteiger partial charge in [0.1, 0.15) is 0 Å². The zero-order chi connectivity index (χ0) is 94.2. The Hall–Kier alpha value is -1.13. The fraction of sp³-hybridized carbons (Fsp3) is 0.989. The minimum absolute atomic E-state index is 0.101. The highest BCUT2D eigenvalue weighted by atomic mass is 35.5. The van der Waals surface area contributed by atoms with Gasteiger partial charge in [-0.25, -0.2) is 26.3 Å². The van der Waals surface area contributed by atoms with Crippen LogP contribution in [0.5, 0.6) is 0 Å². The van der Waals surface area contributed by atoms with E-state index >= 15 is 0 Å². The zero-order valence-electron chi connectivity index (χ0n) is 82.6. The van der Waals surface area contributed by atoms with Crippen LogP contribution in [0.4, 0.5) is 30.7 Å². The molecule has 1 aliphatic carbocycles. The Morgan fingerprint density at radius 3 is 1.10 bits per heavy atom. The van der Waals surface area contributed by atoms with Crippen LogP contribution in [-0.4, -0.2) is 503 Å². The van der Waals surface area contributed by atoms with Crippen molar-refractivity contribution >= 4 is 34.2 Å². The number of hydrogen-bond donors (Lipinski definition) is 0. The second kappa shape index (κ2) is 75.0. The molecule has 1 unspecified atom stereocenters. The largest absolute Gasteiger partial charge is 0.384 e. The molecule has 127 heavy (non-hydrogen) atoms. The van der Waals surface area contributed by atoms with Gasteiger partial charge in [0.25, 0.3) is 11.8 Å². The van der Waals surface area contributed by atoms with Crippen LogP contribution < -0.4 is 0 Å². The number of nitrogens with zero attached hydrogens (tertiary/aromatic N) is 13. The third-order valence-corrected chi connectivity index (χ3v) is 27.4. The van der Waals surface area contributed by atoms with Crippen LogP contribution >= 0.6 is 23.4 Å². The predicted molar refractivity (Wildman–Crippen MR) is 506 cm³/mol. The topological polar surface area (TPSA) is 181 Å². The number of nitriles is 1. The van der Waals surface area contributed by atoms with Gasteiger partial charge in [0.05, 0.1) is 109 Å². The van der Waals surface area contributed by atoms with Crippen molar-refractivity contribution in [1.82, 2.24) is 58.8 Å². The van der Waals surface area contributed by atoms with Crippen LogP contribution in [0.2, 0.25) is 0 Å². The first-order valence-electron chi connectivity index (χ1n) is 47.6. The van der Waals surface area contributed by atoms with Crippen molar-refractivity contribution in [2.75, 3.05) is 405 Å². The highest BCUT2D eigenvalue weighted by molar-refractivity contribution is 7.99. The quantitative estimate of drug-likeness (QED) is 0.0414. The molecule has 13 rings (SSSR count). The van der Waals surface area contributed by atoms with Crippen LogP contribution in [0, 0.1) is 64.6 Å². The Morgan fingerprint density at radius 2 is 0.780 bits per heavy atom. The summed E-state index contributed by atoms with van der Waals surface area (Å²) in [7, 11) is 18.2. The molecule has 25 nitrogen and oxygen atoms in total. The Bertz CT molecular complexity index is 2440. The molecule has 0 aromatic rings. The molecule has 1 atom stereocenters. The van der Waals surface area contributed by atoms with Crippen LogP contribution in [0.25, 0.3) is 0 Å². The summed E-state index contributed by atoms with van der Waals surface area (Å²) in [4.78, 5) is 27.1. The van der Waals surface area contributed by atoms with Crippen molar-refractivity contribution in [3.05, 3.63) is 0 Å². The van der Waals surface area contributed by atoms with E-state index in [-0.39, 0.29) is 31.6 Å². The molecule has 35 heteroatoms. The summed E-state index contributed by atoms with van der Waals surface area (Å²) in [5.74, 6) is -1.10. The van der Waals surface area contributed by atoms with E-state index in [1.54, 1.807) is 83.1 Å². The van der Waals surface area contributed by atoms with Gasteiger partial charge in [0, 0.05) is 339 Å². The number of likely N-dealkylation sites (tertiary alicyclic amines) is 12. The maximum absolute atomic E-state index is 13.5. The molecule has 12 heterocycles. The lowest BCUT2D eigenvalue weighted by Gasteiger charge is -2.43. The molecule has 0 aromatic heterocycles. The summed E-state index contributed by atoms with van der Waals surface area (Å²) < 4.78 is 152. The van der Waals surface area contributed by atoms with Gasteiger partial charge in [0.15, 0.2) is 0 Å². The van der Waals surface area contributed by atoms with E-state index in [2.05, 4.69) is 91.0 Å². The average molecular weight is 1900 g/mol. The standard InChI is InChI=1S/C10H17F2NO.C9H19NO.C8H16FN.C8H17NO2.C8H17NOS.C8H17NS.C7H14ClNO.C7H13F2NO.C7H12N2O.C7H15NO2.C7H15NO.C6H11F2NO/c1-14-5-4-13-6-9(7-13)10(11,12)8-2-3-8;1-3-4-9-7-10(8-9)5-6-11-2;1-2-3-4-10-6-8(5-9)7-10;1-10-4-3-9-5-8(6-9)7-11-2;1-3-4-5-9-6-8(7-9)11(2)10;1-3-4-5-9-6-8(7-9)10-2;1-10-3-2-9-5-7(4-8)6-9;1-11-3-2-10-4-6(5-10)7(8)9;1-10-3-2-9-5-7(4-8)6-9;1-9-4-3-8-5-7(6-8)10-2;1-7-5-8(6-7)3-4-9-2;1-10-3-2-9-4-6(7,8)5-9/h8-9H,2-7H2,1H3;9H,3-8H2,1-2H3;8H,2-7H2,1H3;2*8H,3-7H2,1-2H3;8H,3-7H2,1-2H3;7H,2-6H2,1H3;6-7H,2-5H2,1H3;7H,2-3,5-6H2,1H3;7H,3-6H2,1-2H3;7H,3-6H2,1-2H3;2-5H2,1H3. The van der Waals surface area contributed by atoms with E-state index in [1.807, 2.05) is 27.8 Å². The van der Waals surface area contributed by atoms with Crippen molar-refractivity contribution in [2.24, 2.45) is 53.3 Å². The van der Waals surface area contributed by atoms with E-state index in [0.29, 0.717) is 69.8 Å². The number of hydrogen-bond acceptors (Lipinski definition) is 26. The first kappa shape index (κ1) is 122. The highest BCUT2D eigenvalue weighted by Gasteiger charge is 2.55. The number of rotatable bonds is 48. The first-order valence-corrected chi connectivity index (χ1v) is 51.1. The molecule has 13 aliphatic rings. The zero-order valence-corrected chi connectivity index (χ0v) is 85.0. The number of methoxy groups -OCH3 is 11. The summed E-state index contributed by atoms with van der Waals surface area (Å²) in [6.45, 7) is 53.6. The molecular formula is C92H183ClF7N13O12S2. The Balaban J connectivity index is 0.000000470. The summed E-state index contributed by atoms with van der Waals surface area (Å²) in [6, 6.07) is 2.23. The summed E-state index contributed by atoms with van der Waals surface area (Å²) in [5.41, 5.74) is 0. The molecule has 0 amide bonds. The smallest absolute Gasteiger partial charge is 0.272 e. The molecule has 1 saturated carbocycles. The molecule has 12 aliphatic heterocycles. The minimum atomic E-state index is -2.44. The number of unbranched alkanes of at least 4 members (excludes halogenated alkanes) is 3. The molecule has 0 aromatic carbocycles. The van der Waals surface area contributed by atoms with Crippen molar-refractivity contribution in [2.45, 2.75) is 134 Å². The third-order valence-electron chi connectivity index (χ3n) is 24.7. The number of halogens is 8. The Kier molecular flexibility index (Phi) is 72.0. The molecule has 12 saturated heterocycles. The molecule has 0 spiro atoms. The van der Waals surface area contributed by atoms with Crippen molar-refractivity contribution in [3.8, 4) is 6.07 Å². The van der Waals surface area contributed by atoms with Gasteiger partial charge in [-0.1, -0.05) is 60.3 Å². The lowest BCUT2D eigenvalue weighted by atomic mass is 9.90. The maximum atomic E-state index is 13.5.